The summed E-state index contributed by atoms with van der Waals surface area (Å²) in [5.74, 6) is -1.31. The molecule has 28 heavy (non-hydrogen) atoms. The van der Waals surface area contributed by atoms with Gasteiger partial charge in [0.1, 0.15) is 0 Å². The normalized spacial score (nSPS) is 17.0. The van der Waals surface area contributed by atoms with Crippen molar-refractivity contribution in [2.75, 3.05) is 6.54 Å². The summed E-state index contributed by atoms with van der Waals surface area (Å²) in [6.07, 6.45) is 2.53. The fraction of sp³-hybridized carbons (Fsp3) is 0.182. The zero-order valence-corrected chi connectivity index (χ0v) is 16.0. The maximum Gasteiger partial charge on any atom is 0.290 e. The van der Waals surface area contributed by atoms with Crippen LogP contribution in [0.2, 0.25) is 5.02 Å². The van der Waals surface area contributed by atoms with Crippen LogP contribution in [0.5, 0.6) is 0 Å². The molecule has 1 aliphatic heterocycles. The molecule has 1 amide bonds. The first-order valence-corrected chi connectivity index (χ1v) is 9.40. The van der Waals surface area contributed by atoms with Crippen molar-refractivity contribution in [2.45, 2.75) is 19.4 Å². The number of hydrogen-bond donors (Lipinski definition) is 2. The Morgan fingerprint density at radius 2 is 1.89 bits per heavy atom. The number of nitrogens with zero attached hydrogens (tertiary/aromatic N) is 1. The second-order valence-corrected chi connectivity index (χ2v) is 7.32. The molecule has 5 nitrogen and oxygen atoms in total. The van der Waals surface area contributed by atoms with Crippen LogP contribution in [0.1, 0.15) is 24.1 Å². The van der Waals surface area contributed by atoms with E-state index in [1.165, 1.54) is 6.92 Å². The van der Waals surface area contributed by atoms with Crippen LogP contribution in [0.3, 0.4) is 0 Å². The third kappa shape index (κ3) is 3.08. The lowest BCUT2D eigenvalue weighted by Crippen LogP contribution is -2.32. The van der Waals surface area contributed by atoms with E-state index >= 15 is 0 Å². The molecule has 0 saturated carbocycles. The largest absolute Gasteiger partial charge is 0.503 e. The molecule has 0 spiro atoms. The number of aliphatic hydroxyl groups excluding tert-OH is 1. The van der Waals surface area contributed by atoms with Gasteiger partial charge in [0, 0.05) is 28.7 Å². The molecule has 1 atom stereocenters. The van der Waals surface area contributed by atoms with Gasteiger partial charge < -0.3 is 15.0 Å². The highest BCUT2D eigenvalue weighted by atomic mass is 35.5. The fourth-order valence-electron chi connectivity index (χ4n) is 3.81. The van der Waals surface area contributed by atoms with E-state index in [0.29, 0.717) is 18.0 Å². The molecule has 0 saturated heterocycles. The summed E-state index contributed by atoms with van der Waals surface area (Å²) in [5.41, 5.74) is 2.98. The zero-order valence-electron chi connectivity index (χ0n) is 15.3. The molecule has 4 rings (SSSR count). The third-order valence-corrected chi connectivity index (χ3v) is 5.42. The smallest absolute Gasteiger partial charge is 0.290 e. The highest BCUT2D eigenvalue weighted by Crippen LogP contribution is 2.38. The standard InChI is InChI=1S/C22H19ClN2O3/c1-13(26)19-20(14-6-8-16(23)9-7-14)25(22(28)21(19)27)11-10-15-12-24-18-5-3-2-4-17(15)18/h2-9,12,20,24,27H,10-11H2,1H3. The Bertz CT molecular complexity index is 1100. The average Bonchev–Trinajstić information content (AvgIpc) is 3.20. The zero-order chi connectivity index (χ0) is 19.8. The number of aliphatic hydroxyl groups is 1. The maximum atomic E-state index is 12.7. The number of aromatic amines is 1. The Labute approximate surface area is 167 Å². The SMILES string of the molecule is CC(=O)C1=C(O)C(=O)N(CCc2c[nH]c3ccccc23)C1c1ccc(Cl)cc1. The number of Topliss-reactive ketones (excluding diaryl/α,β-unsaturated/α-hetero) is 1. The Morgan fingerprint density at radius 1 is 1.18 bits per heavy atom. The van der Waals surface area contributed by atoms with Crippen molar-refractivity contribution < 1.29 is 14.7 Å². The fourth-order valence-corrected chi connectivity index (χ4v) is 3.94. The van der Waals surface area contributed by atoms with Crippen LogP contribution in [0, 0.1) is 0 Å². The number of carbonyl (C=O) groups excluding carboxylic acids is 2. The summed E-state index contributed by atoms with van der Waals surface area (Å²) in [7, 11) is 0. The number of rotatable bonds is 5. The quantitative estimate of drug-likeness (QED) is 0.675. The highest BCUT2D eigenvalue weighted by molar-refractivity contribution is 6.30. The lowest BCUT2D eigenvalue weighted by molar-refractivity contribution is -0.129. The Kier molecular flexibility index (Phi) is 4.69. The predicted molar refractivity (Wildman–Crippen MR) is 108 cm³/mol. The Morgan fingerprint density at radius 3 is 2.61 bits per heavy atom. The van der Waals surface area contributed by atoms with Gasteiger partial charge in [-0.05, 0) is 42.7 Å². The van der Waals surface area contributed by atoms with E-state index < -0.39 is 17.7 Å². The topological polar surface area (TPSA) is 73.4 Å². The molecule has 3 aromatic rings. The number of fused-ring (bicyclic) bond motifs is 1. The van der Waals surface area contributed by atoms with Crippen LogP contribution in [-0.4, -0.2) is 33.2 Å². The van der Waals surface area contributed by atoms with E-state index in [2.05, 4.69) is 4.98 Å². The van der Waals surface area contributed by atoms with Gasteiger partial charge in [-0.3, -0.25) is 9.59 Å². The minimum Gasteiger partial charge on any atom is -0.503 e. The summed E-state index contributed by atoms with van der Waals surface area (Å²) in [5, 5.41) is 12.0. The summed E-state index contributed by atoms with van der Waals surface area (Å²) in [4.78, 5) is 29.7. The van der Waals surface area contributed by atoms with Crippen LogP contribution in [-0.2, 0) is 16.0 Å². The number of nitrogens with one attached hydrogen (secondary N) is 1. The van der Waals surface area contributed by atoms with Gasteiger partial charge in [0.25, 0.3) is 5.91 Å². The molecule has 2 aromatic carbocycles. The lowest BCUT2D eigenvalue weighted by atomic mass is 9.96. The molecule has 0 bridgehead atoms. The number of H-pyrrole nitrogens is 1. The molecule has 142 valence electrons. The minimum absolute atomic E-state index is 0.131. The van der Waals surface area contributed by atoms with Gasteiger partial charge in [0.2, 0.25) is 0 Å². The molecule has 6 heteroatoms. The highest BCUT2D eigenvalue weighted by Gasteiger charge is 2.42. The summed E-state index contributed by atoms with van der Waals surface area (Å²) >= 11 is 5.98. The Hall–Kier alpha value is -3.05. The summed E-state index contributed by atoms with van der Waals surface area (Å²) < 4.78 is 0. The first kappa shape index (κ1) is 18.3. The van der Waals surface area contributed by atoms with Gasteiger partial charge in [0.05, 0.1) is 11.6 Å². The van der Waals surface area contributed by atoms with E-state index in [1.807, 2.05) is 30.5 Å². The van der Waals surface area contributed by atoms with E-state index in [1.54, 1.807) is 29.2 Å². The molecule has 1 unspecified atom stereocenters. The van der Waals surface area contributed by atoms with Gasteiger partial charge in [-0.1, -0.05) is 41.9 Å². The van der Waals surface area contributed by atoms with E-state index in [9.17, 15) is 14.7 Å². The van der Waals surface area contributed by atoms with Gasteiger partial charge >= 0.3 is 0 Å². The van der Waals surface area contributed by atoms with Crippen molar-refractivity contribution in [2.24, 2.45) is 0 Å². The molecule has 1 aliphatic rings. The predicted octanol–water partition coefficient (Wildman–Crippen LogP) is 4.35. The molecule has 2 heterocycles. The number of amides is 1. The molecular weight excluding hydrogens is 376 g/mol. The first-order chi connectivity index (χ1) is 13.5. The third-order valence-electron chi connectivity index (χ3n) is 5.17. The van der Waals surface area contributed by atoms with Crippen molar-refractivity contribution in [3.63, 3.8) is 0 Å². The minimum atomic E-state index is -0.618. The molecule has 0 radical (unpaired) electrons. The van der Waals surface area contributed by atoms with Crippen molar-refractivity contribution in [1.29, 1.82) is 0 Å². The number of benzene rings is 2. The number of para-hydroxylation sites is 1. The summed E-state index contributed by atoms with van der Waals surface area (Å²) in [6.45, 7) is 1.74. The first-order valence-electron chi connectivity index (χ1n) is 9.03. The van der Waals surface area contributed by atoms with Crippen molar-refractivity contribution >= 4 is 34.2 Å². The summed E-state index contributed by atoms with van der Waals surface area (Å²) in [6, 6.07) is 14.3. The van der Waals surface area contributed by atoms with Crippen LogP contribution >= 0.6 is 11.6 Å². The monoisotopic (exact) mass is 394 g/mol. The van der Waals surface area contributed by atoms with Gasteiger partial charge in [-0.2, -0.15) is 0 Å². The molecule has 0 fully saturated rings. The lowest BCUT2D eigenvalue weighted by Gasteiger charge is -2.26. The van der Waals surface area contributed by atoms with Crippen molar-refractivity contribution in [1.82, 2.24) is 9.88 Å². The number of hydrogen-bond acceptors (Lipinski definition) is 3. The number of carbonyl (C=O) groups is 2. The number of ketones is 1. The van der Waals surface area contributed by atoms with Gasteiger partial charge in [0.15, 0.2) is 11.5 Å². The van der Waals surface area contributed by atoms with E-state index in [0.717, 1.165) is 22.0 Å². The second-order valence-electron chi connectivity index (χ2n) is 6.88. The average molecular weight is 395 g/mol. The number of halogens is 1. The van der Waals surface area contributed by atoms with Crippen molar-refractivity contribution in [3.8, 4) is 0 Å². The number of aromatic nitrogens is 1. The van der Waals surface area contributed by atoms with E-state index in [-0.39, 0.29) is 11.4 Å². The van der Waals surface area contributed by atoms with Gasteiger partial charge in [-0.25, -0.2) is 0 Å². The molecule has 1 aromatic heterocycles. The van der Waals surface area contributed by atoms with Crippen LogP contribution in [0.4, 0.5) is 0 Å². The van der Waals surface area contributed by atoms with Crippen LogP contribution in [0.15, 0.2) is 66.1 Å². The van der Waals surface area contributed by atoms with Crippen LogP contribution < -0.4 is 0 Å². The van der Waals surface area contributed by atoms with Crippen LogP contribution in [0.25, 0.3) is 10.9 Å². The van der Waals surface area contributed by atoms with Gasteiger partial charge in [-0.15, -0.1) is 0 Å². The Balaban J connectivity index is 1.67. The van der Waals surface area contributed by atoms with Crippen molar-refractivity contribution in [3.05, 3.63) is 82.2 Å². The maximum absolute atomic E-state index is 12.7. The molecule has 2 N–H and O–H groups in total. The molecular formula is C22H19ClN2O3. The van der Waals surface area contributed by atoms with E-state index in [4.69, 9.17) is 11.6 Å². The second kappa shape index (κ2) is 7.17. The molecule has 0 aliphatic carbocycles.